The third-order valence-corrected chi connectivity index (χ3v) is 4.77. The second-order valence-electron chi connectivity index (χ2n) is 5.82. The van der Waals surface area contributed by atoms with Crippen molar-refractivity contribution in [1.82, 2.24) is 0 Å². The fourth-order valence-electron chi connectivity index (χ4n) is 3.11. The second-order valence-corrected chi connectivity index (χ2v) is 6.23. The summed E-state index contributed by atoms with van der Waals surface area (Å²) < 4.78 is 5.96. The summed E-state index contributed by atoms with van der Waals surface area (Å²) in [5, 5.41) is 11.1. The Labute approximate surface area is 131 Å². The van der Waals surface area contributed by atoms with E-state index in [0.717, 1.165) is 55.6 Å². The Morgan fingerprint density at radius 3 is 2.95 bits per heavy atom. The van der Waals surface area contributed by atoms with E-state index in [-0.39, 0.29) is 12.0 Å². The van der Waals surface area contributed by atoms with Crippen molar-refractivity contribution in [2.75, 3.05) is 18.1 Å². The van der Waals surface area contributed by atoms with Gasteiger partial charge in [-0.25, -0.2) is 0 Å². The van der Waals surface area contributed by atoms with Crippen LogP contribution in [0.3, 0.4) is 0 Å². The molecular formula is C17H22ClNO2. The molecule has 0 spiro atoms. The number of fused-ring (bicyclic) bond motifs is 1. The fourth-order valence-corrected chi connectivity index (χ4v) is 3.31. The van der Waals surface area contributed by atoms with Crippen LogP contribution in [0.2, 0.25) is 5.02 Å². The number of rotatable bonds is 1. The van der Waals surface area contributed by atoms with E-state index >= 15 is 0 Å². The molecule has 1 N–H and O–H groups in total. The van der Waals surface area contributed by atoms with Gasteiger partial charge in [-0.2, -0.15) is 0 Å². The van der Waals surface area contributed by atoms with Gasteiger partial charge in [0, 0.05) is 29.3 Å². The molecule has 0 aliphatic carbocycles. The quantitative estimate of drug-likeness (QED) is 0.829. The van der Waals surface area contributed by atoms with Gasteiger partial charge in [0.15, 0.2) is 0 Å². The minimum atomic E-state index is 0.0992. The highest BCUT2D eigenvalue weighted by atomic mass is 35.5. The number of aromatic hydroxyl groups is 1. The van der Waals surface area contributed by atoms with Crippen LogP contribution in [0, 0.1) is 6.92 Å². The number of ether oxygens (including phenoxy) is 1. The Bertz CT molecular complexity index is 550. The van der Waals surface area contributed by atoms with Crippen molar-refractivity contribution in [1.29, 1.82) is 0 Å². The SMILES string of the molecule is Cc1c(Cl)cc2c(c1O)/C=C/CCCN2C1CCCCO1. The van der Waals surface area contributed by atoms with Crippen molar-refractivity contribution in [3.05, 3.63) is 28.3 Å². The maximum atomic E-state index is 10.5. The van der Waals surface area contributed by atoms with Crippen molar-refractivity contribution >= 4 is 23.4 Å². The third kappa shape index (κ3) is 2.90. The van der Waals surface area contributed by atoms with Crippen LogP contribution in [0.1, 0.15) is 43.2 Å². The number of allylic oxidation sites excluding steroid dienone is 1. The third-order valence-electron chi connectivity index (χ3n) is 4.37. The van der Waals surface area contributed by atoms with Gasteiger partial charge >= 0.3 is 0 Å². The molecule has 0 bridgehead atoms. The Balaban J connectivity index is 2.06. The fraction of sp³-hybridized carbons (Fsp3) is 0.529. The number of halogens is 1. The van der Waals surface area contributed by atoms with Gasteiger partial charge in [-0.15, -0.1) is 0 Å². The van der Waals surface area contributed by atoms with Crippen molar-refractivity contribution in [2.45, 2.75) is 45.3 Å². The zero-order valence-corrected chi connectivity index (χ0v) is 13.2. The highest BCUT2D eigenvalue weighted by Gasteiger charge is 2.26. The van der Waals surface area contributed by atoms with E-state index in [1.165, 1.54) is 6.42 Å². The lowest BCUT2D eigenvalue weighted by Gasteiger charge is -2.37. The van der Waals surface area contributed by atoms with E-state index in [2.05, 4.69) is 11.0 Å². The van der Waals surface area contributed by atoms with Gasteiger partial charge in [0.2, 0.25) is 0 Å². The first kappa shape index (κ1) is 14.7. The molecule has 1 unspecified atom stereocenters. The number of benzene rings is 1. The van der Waals surface area contributed by atoms with Crippen LogP contribution in [0.15, 0.2) is 12.1 Å². The Morgan fingerprint density at radius 2 is 2.19 bits per heavy atom. The highest BCUT2D eigenvalue weighted by Crippen LogP contribution is 2.40. The Kier molecular flexibility index (Phi) is 4.41. The molecule has 1 aromatic rings. The molecule has 114 valence electrons. The summed E-state index contributed by atoms with van der Waals surface area (Å²) in [5.41, 5.74) is 2.60. The van der Waals surface area contributed by atoms with Crippen LogP contribution in [-0.2, 0) is 4.74 Å². The summed E-state index contributed by atoms with van der Waals surface area (Å²) in [7, 11) is 0. The smallest absolute Gasteiger partial charge is 0.130 e. The van der Waals surface area contributed by atoms with Crippen LogP contribution < -0.4 is 4.90 Å². The van der Waals surface area contributed by atoms with Crippen LogP contribution in [0.5, 0.6) is 5.75 Å². The minimum absolute atomic E-state index is 0.0992. The van der Waals surface area contributed by atoms with E-state index in [1.807, 2.05) is 19.1 Å². The van der Waals surface area contributed by atoms with Gasteiger partial charge in [-0.1, -0.05) is 23.8 Å². The number of nitrogens with zero attached hydrogens (tertiary/aromatic N) is 1. The maximum absolute atomic E-state index is 10.5. The highest BCUT2D eigenvalue weighted by molar-refractivity contribution is 6.32. The number of phenols is 1. The van der Waals surface area contributed by atoms with Crippen LogP contribution >= 0.6 is 11.6 Å². The summed E-state index contributed by atoms with van der Waals surface area (Å²) in [6, 6.07) is 1.97. The van der Waals surface area contributed by atoms with E-state index in [9.17, 15) is 5.11 Å². The molecule has 0 radical (unpaired) electrons. The largest absolute Gasteiger partial charge is 0.507 e. The van der Waals surface area contributed by atoms with Crippen LogP contribution in [0.4, 0.5) is 5.69 Å². The number of anilines is 1. The van der Waals surface area contributed by atoms with Crippen molar-refractivity contribution in [2.24, 2.45) is 0 Å². The number of hydrogen-bond donors (Lipinski definition) is 1. The zero-order valence-electron chi connectivity index (χ0n) is 12.4. The van der Waals surface area contributed by atoms with Gasteiger partial charge in [-0.05, 0) is 45.1 Å². The van der Waals surface area contributed by atoms with Crippen molar-refractivity contribution in [3.8, 4) is 5.75 Å². The molecular weight excluding hydrogens is 286 g/mol. The molecule has 1 atom stereocenters. The first-order chi connectivity index (χ1) is 10.2. The van der Waals surface area contributed by atoms with Crippen molar-refractivity contribution in [3.63, 3.8) is 0 Å². The Hall–Kier alpha value is -1.19. The van der Waals surface area contributed by atoms with E-state index < -0.39 is 0 Å². The molecule has 1 fully saturated rings. The average Bonchev–Trinajstić information content (AvgIpc) is 2.48. The molecule has 3 nitrogen and oxygen atoms in total. The summed E-state index contributed by atoms with van der Waals surface area (Å²) >= 11 is 6.30. The van der Waals surface area contributed by atoms with Gasteiger partial charge in [-0.3, -0.25) is 0 Å². The summed E-state index contributed by atoms with van der Waals surface area (Å²) in [5.74, 6) is 0.288. The van der Waals surface area contributed by atoms with E-state index in [0.29, 0.717) is 5.02 Å². The summed E-state index contributed by atoms with van der Waals surface area (Å²) in [4.78, 5) is 2.28. The zero-order chi connectivity index (χ0) is 14.8. The molecule has 2 heterocycles. The van der Waals surface area contributed by atoms with Gasteiger partial charge in [0.1, 0.15) is 12.0 Å². The molecule has 1 saturated heterocycles. The van der Waals surface area contributed by atoms with Gasteiger partial charge < -0.3 is 14.7 Å². The topological polar surface area (TPSA) is 32.7 Å². The molecule has 0 amide bonds. The first-order valence-corrected chi connectivity index (χ1v) is 8.13. The molecule has 0 saturated carbocycles. The minimum Gasteiger partial charge on any atom is -0.507 e. The normalized spacial score (nSPS) is 24.1. The first-order valence-electron chi connectivity index (χ1n) is 7.75. The monoisotopic (exact) mass is 307 g/mol. The number of hydrogen-bond acceptors (Lipinski definition) is 3. The summed E-state index contributed by atoms with van der Waals surface area (Å²) in [6.45, 7) is 3.60. The predicted molar refractivity (Wildman–Crippen MR) is 87.1 cm³/mol. The molecule has 3 rings (SSSR count). The standard InChI is InChI=1S/C17H22ClNO2/c1-12-14(18)11-15-13(17(12)20)7-3-2-5-9-19(15)16-8-4-6-10-21-16/h3,7,11,16,20H,2,4-6,8-10H2,1H3/b7-3+. The number of phenolic OH excluding ortho intramolecular Hbond substituents is 1. The molecule has 1 aromatic carbocycles. The Morgan fingerprint density at radius 1 is 1.33 bits per heavy atom. The maximum Gasteiger partial charge on any atom is 0.130 e. The molecule has 4 heteroatoms. The van der Waals surface area contributed by atoms with E-state index in [1.54, 1.807) is 0 Å². The molecule has 2 aliphatic heterocycles. The van der Waals surface area contributed by atoms with Crippen LogP contribution in [-0.4, -0.2) is 24.5 Å². The lowest BCUT2D eigenvalue weighted by molar-refractivity contribution is 0.0141. The molecule has 2 aliphatic rings. The predicted octanol–water partition coefficient (Wildman–Crippen LogP) is 4.49. The second kappa shape index (κ2) is 6.29. The van der Waals surface area contributed by atoms with Crippen LogP contribution in [0.25, 0.3) is 6.08 Å². The summed E-state index contributed by atoms with van der Waals surface area (Å²) in [6.07, 6.45) is 9.71. The lowest BCUT2D eigenvalue weighted by Crippen LogP contribution is -2.41. The van der Waals surface area contributed by atoms with Crippen molar-refractivity contribution < 1.29 is 9.84 Å². The lowest BCUT2D eigenvalue weighted by atomic mass is 10.0. The molecule has 21 heavy (non-hydrogen) atoms. The van der Waals surface area contributed by atoms with Gasteiger partial charge in [0.25, 0.3) is 0 Å². The average molecular weight is 308 g/mol. The molecule has 0 aromatic heterocycles. The van der Waals surface area contributed by atoms with Gasteiger partial charge in [0.05, 0.1) is 5.69 Å². The van der Waals surface area contributed by atoms with E-state index in [4.69, 9.17) is 16.3 Å².